The zero-order chi connectivity index (χ0) is 13.7. The Bertz CT molecular complexity index is 407. The van der Waals surface area contributed by atoms with Crippen LogP contribution in [0.4, 0.5) is 4.79 Å². The summed E-state index contributed by atoms with van der Waals surface area (Å²) in [5.74, 6) is 1.36. The molecule has 4 rings (SSSR count). The first-order chi connectivity index (χ1) is 8.97. The van der Waals surface area contributed by atoms with Crippen molar-refractivity contribution in [2.24, 2.45) is 28.4 Å². The SMILES string of the molecule is CCC12C[C@H]3C[C@H](C1)CC(C(=O)NNC(N)=O)(C3)C2. The fourth-order valence-electron chi connectivity index (χ4n) is 5.38. The zero-order valence-corrected chi connectivity index (χ0v) is 11.5. The standard InChI is InChI=1S/C14H23N3O2/c1-2-13-4-9-3-10(5-13)7-14(6-9,8-13)11(18)16-17-12(15)19/h9-10H,2-8H2,1H3,(H,16,18)(H3,15,17,19)/t9-,10-,13?,14?/m1/s1. The molecular formula is C14H23N3O2. The molecule has 5 heteroatoms. The van der Waals surface area contributed by atoms with Crippen LogP contribution in [0.2, 0.25) is 0 Å². The Balaban J connectivity index is 1.80. The molecule has 4 aliphatic rings. The van der Waals surface area contributed by atoms with Crippen LogP contribution in [-0.4, -0.2) is 11.9 Å². The third-order valence-corrected chi connectivity index (χ3v) is 5.71. The van der Waals surface area contributed by atoms with E-state index < -0.39 is 6.03 Å². The number of carbonyl (C=O) groups excluding carboxylic acids is 2. The summed E-state index contributed by atoms with van der Waals surface area (Å²) >= 11 is 0. The van der Waals surface area contributed by atoms with Crippen molar-refractivity contribution in [2.75, 3.05) is 0 Å². The molecule has 0 unspecified atom stereocenters. The Hall–Kier alpha value is -1.26. The number of nitrogens with two attached hydrogens (primary N) is 1. The second-order valence-electron chi connectivity index (χ2n) is 7.04. The summed E-state index contributed by atoms with van der Waals surface area (Å²) < 4.78 is 0. The molecule has 0 heterocycles. The largest absolute Gasteiger partial charge is 0.350 e. The third kappa shape index (κ3) is 1.99. The molecule has 0 spiro atoms. The highest BCUT2D eigenvalue weighted by Gasteiger charge is 2.59. The molecule has 0 aromatic heterocycles. The highest BCUT2D eigenvalue weighted by atomic mass is 16.2. The lowest BCUT2D eigenvalue weighted by atomic mass is 9.43. The van der Waals surface area contributed by atoms with Crippen molar-refractivity contribution in [2.45, 2.75) is 51.9 Å². The maximum absolute atomic E-state index is 12.5. The van der Waals surface area contributed by atoms with Crippen LogP contribution in [-0.2, 0) is 4.79 Å². The number of nitrogens with one attached hydrogen (secondary N) is 2. The highest BCUT2D eigenvalue weighted by Crippen LogP contribution is 2.66. The second kappa shape index (κ2) is 4.12. The first-order valence-electron chi connectivity index (χ1n) is 7.33. The van der Waals surface area contributed by atoms with Gasteiger partial charge in [-0.05, 0) is 55.8 Å². The maximum atomic E-state index is 12.5. The van der Waals surface area contributed by atoms with Gasteiger partial charge in [-0.1, -0.05) is 13.3 Å². The molecule has 4 aliphatic carbocycles. The predicted octanol–water partition coefficient (Wildman–Crippen LogP) is 1.68. The van der Waals surface area contributed by atoms with Crippen LogP contribution < -0.4 is 16.6 Å². The van der Waals surface area contributed by atoms with Crippen molar-refractivity contribution in [1.29, 1.82) is 0 Å². The fourth-order valence-corrected chi connectivity index (χ4v) is 5.38. The lowest BCUT2D eigenvalue weighted by Crippen LogP contribution is -2.60. The van der Waals surface area contributed by atoms with Gasteiger partial charge in [-0.15, -0.1) is 0 Å². The summed E-state index contributed by atoms with van der Waals surface area (Å²) in [5.41, 5.74) is 9.88. The van der Waals surface area contributed by atoms with Gasteiger partial charge >= 0.3 is 6.03 Å². The topological polar surface area (TPSA) is 84.2 Å². The highest BCUT2D eigenvalue weighted by molar-refractivity contribution is 5.85. The summed E-state index contributed by atoms with van der Waals surface area (Å²) in [4.78, 5) is 23.2. The minimum Gasteiger partial charge on any atom is -0.350 e. The van der Waals surface area contributed by atoms with Crippen LogP contribution in [0.25, 0.3) is 0 Å². The molecule has 0 radical (unpaired) electrons. The first kappa shape index (κ1) is 12.8. The molecule has 4 bridgehead atoms. The third-order valence-electron chi connectivity index (χ3n) is 5.71. The first-order valence-corrected chi connectivity index (χ1v) is 7.33. The van der Waals surface area contributed by atoms with Crippen LogP contribution in [0, 0.1) is 22.7 Å². The number of rotatable bonds is 2. The van der Waals surface area contributed by atoms with E-state index in [0.717, 1.165) is 25.7 Å². The van der Waals surface area contributed by atoms with Gasteiger partial charge in [0.05, 0.1) is 5.41 Å². The van der Waals surface area contributed by atoms with Crippen molar-refractivity contribution < 1.29 is 9.59 Å². The number of hydrogen-bond acceptors (Lipinski definition) is 2. The summed E-state index contributed by atoms with van der Waals surface area (Å²) in [6.07, 6.45) is 7.99. The van der Waals surface area contributed by atoms with Crippen molar-refractivity contribution in [3.05, 3.63) is 0 Å². The molecule has 0 aliphatic heterocycles. The van der Waals surface area contributed by atoms with Crippen molar-refractivity contribution in [3.8, 4) is 0 Å². The Morgan fingerprint density at radius 1 is 1.16 bits per heavy atom. The van der Waals surface area contributed by atoms with Crippen LogP contribution in [0.3, 0.4) is 0 Å². The van der Waals surface area contributed by atoms with E-state index >= 15 is 0 Å². The van der Waals surface area contributed by atoms with Crippen LogP contribution in [0.5, 0.6) is 0 Å². The Kier molecular flexibility index (Phi) is 2.76. The smallest absolute Gasteiger partial charge is 0.330 e. The zero-order valence-electron chi connectivity index (χ0n) is 11.5. The van der Waals surface area contributed by atoms with Crippen LogP contribution in [0.15, 0.2) is 0 Å². The van der Waals surface area contributed by atoms with Gasteiger partial charge in [0, 0.05) is 0 Å². The molecular weight excluding hydrogens is 242 g/mol. The Morgan fingerprint density at radius 3 is 2.32 bits per heavy atom. The van der Waals surface area contributed by atoms with E-state index in [2.05, 4.69) is 17.8 Å². The number of hydrogen-bond donors (Lipinski definition) is 3. The van der Waals surface area contributed by atoms with Crippen molar-refractivity contribution in [1.82, 2.24) is 10.9 Å². The van der Waals surface area contributed by atoms with Gasteiger partial charge in [0.1, 0.15) is 0 Å². The minimum atomic E-state index is -0.705. The molecule has 4 saturated carbocycles. The van der Waals surface area contributed by atoms with Crippen molar-refractivity contribution >= 4 is 11.9 Å². The molecule has 3 amide bonds. The number of amides is 3. The van der Waals surface area contributed by atoms with Crippen LogP contribution in [0.1, 0.15) is 51.9 Å². The number of hydrazine groups is 1. The van der Waals surface area contributed by atoms with E-state index in [0.29, 0.717) is 17.3 Å². The molecule has 2 atom stereocenters. The van der Waals surface area contributed by atoms with Crippen molar-refractivity contribution in [3.63, 3.8) is 0 Å². The number of urea groups is 1. The van der Waals surface area contributed by atoms with Crippen LogP contribution >= 0.6 is 0 Å². The van der Waals surface area contributed by atoms with Gasteiger partial charge < -0.3 is 5.73 Å². The van der Waals surface area contributed by atoms with Gasteiger partial charge in [-0.2, -0.15) is 0 Å². The lowest BCUT2D eigenvalue weighted by molar-refractivity contribution is -0.158. The molecule has 0 saturated heterocycles. The van der Waals surface area contributed by atoms with E-state index in [-0.39, 0.29) is 11.3 Å². The molecule has 0 aromatic carbocycles. The molecule has 4 N–H and O–H groups in total. The van der Waals surface area contributed by atoms with Gasteiger partial charge in [0.2, 0.25) is 5.91 Å². The average molecular weight is 265 g/mol. The van der Waals surface area contributed by atoms with E-state index in [9.17, 15) is 9.59 Å². The average Bonchev–Trinajstić information content (AvgIpc) is 2.34. The predicted molar refractivity (Wildman–Crippen MR) is 70.7 cm³/mol. The number of primary amides is 1. The Morgan fingerprint density at radius 2 is 1.79 bits per heavy atom. The fraction of sp³-hybridized carbons (Fsp3) is 0.857. The summed E-state index contributed by atoms with van der Waals surface area (Å²) in [6.45, 7) is 2.25. The quantitative estimate of drug-likeness (QED) is 0.664. The summed E-state index contributed by atoms with van der Waals surface area (Å²) in [5, 5.41) is 0. The lowest BCUT2D eigenvalue weighted by Gasteiger charge is -2.61. The van der Waals surface area contributed by atoms with Gasteiger partial charge in [0.25, 0.3) is 0 Å². The number of carbonyl (C=O) groups is 2. The summed E-state index contributed by atoms with van der Waals surface area (Å²) in [7, 11) is 0. The summed E-state index contributed by atoms with van der Waals surface area (Å²) in [6, 6.07) is -0.705. The van der Waals surface area contributed by atoms with E-state index in [1.54, 1.807) is 0 Å². The van der Waals surface area contributed by atoms with E-state index in [4.69, 9.17) is 5.73 Å². The van der Waals surface area contributed by atoms with Gasteiger partial charge in [-0.3, -0.25) is 10.2 Å². The van der Waals surface area contributed by atoms with Gasteiger partial charge in [0.15, 0.2) is 0 Å². The molecule has 19 heavy (non-hydrogen) atoms. The normalized spacial score (nSPS) is 43.0. The molecule has 0 aromatic rings. The molecule has 4 fully saturated rings. The Labute approximate surface area is 113 Å². The van der Waals surface area contributed by atoms with Gasteiger partial charge in [-0.25, -0.2) is 10.2 Å². The molecule has 5 nitrogen and oxygen atoms in total. The second-order valence-corrected chi connectivity index (χ2v) is 7.04. The maximum Gasteiger partial charge on any atom is 0.330 e. The van der Waals surface area contributed by atoms with E-state index in [1.165, 1.54) is 19.3 Å². The minimum absolute atomic E-state index is 0.0294. The molecule has 106 valence electrons. The monoisotopic (exact) mass is 265 g/mol. The van der Waals surface area contributed by atoms with E-state index in [1.807, 2.05) is 0 Å².